The van der Waals surface area contributed by atoms with Gasteiger partial charge in [0.2, 0.25) is 0 Å². The summed E-state index contributed by atoms with van der Waals surface area (Å²) in [6.45, 7) is -0.00660. The number of aromatic nitrogens is 2. The van der Waals surface area contributed by atoms with E-state index in [2.05, 4.69) is 10.4 Å². The Kier molecular flexibility index (Phi) is 4.79. The smallest absolute Gasteiger partial charge is 0.287 e. The van der Waals surface area contributed by atoms with E-state index in [1.807, 2.05) is 0 Å². The average molecular weight is 288 g/mol. The third-order valence-electron chi connectivity index (χ3n) is 3.39. The molecule has 19 heavy (non-hydrogen) atoms. The quantitative estimate of drug-likeness (QED) is 0.840. The zero-order valence-electron chi connectivity index (χ0n) is 10.8. The molecule has 1 fully saturated rings. The van der Waals surface area contributed by atoms with Gasteiger partial charge in [-0.25, -0.2) is 4.68 Å². The van der Waals surface area contributed by atoms with Crippen molar-refractivity contribution in [2.24, 2.45) is 0 Å². The molecule has 1 heterocycles. The van der Waals surface area contributed by atoms with E-state index in [4.69, 9.17) is 21.4 Å². The molecule has 2 rings (SSSR count). The summed E-state index contributed by atoms with van der Waals surface area (Å²) in [5.41, 5.74) is 0.127. The van der Waals surface area contributed by atoms with Crippen LogP contribution < -0.4 is 10.9 Å². The second-order valence-electron chi connectivity index (χ2n) is 4.58. The molecule has 1 saturated carbocycles. The van der Waals surface area contributed by atoms with E-state index >= 15 is 0 Å². The van der Waals surface area contributed by atoms with Gasteiger partial charge in [0.15, 0.2) is 0 Å². The first-order valence-electron chi connectivity index (χ1n) is 6.33. The maximum atomic E-state index is 11.9. The normalized spacial score (nSPS) is 22.7. The summed E-state index contributed by atoms with van der Waals surface area (Å²) in [6, 6.07) is 0.150. The fourth-order valence-corrected chi connectivity index (χ4v) is 2.59. The maximum Gasteiger partial charge on any atom is 0.287 e. The minimum atomic E-state index is -0.396. The Morgan fingerprint density at radius 3 is 3.11 bits per heavy atom. The van der Waals surface area contributed by atoms with Crippen LogP contribution in [0.1, 0.15) is 19.3 Å². The van der Waals surface area contributed by atoms with Crippen LogP contribution in [0.25, 0.3) is 0 Å². The zero-order valence-corrected chi connectivity index (χ0v) is 11.6. The Hall–Kier alpha value is -1.11. The number of hydrogen-bond donors (Lipinski definition) is 2. The average Bonchev–Trinajstić information content (AvgIpc) is 2.86. The first kappa shape index (κ1) is 14.3. The number of rotatable bonds is 5. The van der Waals surface area contributed by atoms with Gasteiger partial charge in [-0.3, -0.25) is 4.79 Å². The van der Waals surface area contributed by atoms with Gasteiger partial charge < -0.3 is 15.2 Å². The molecular weight excluding hydrogens is 270 g/mol. The van der Waals surface area contributed by atoms with Gasteiger partial charge in [-0.15, -0.1) is 0 Å². The summed E-state index contributed by atoms with van der Waals surface area (Å²) in [7, 11) is 1.68. The summed E-state index contributed by atoms with van der Waals surface area (Å²) < 4.78 is 6.53. The molecule has 6 nitrogen and oxygen atoms in total. The second kappa shape index (κ2) is 6.36. The largest absolute Gasteiger partial charge is 0.394 e. The van der Waals surface area contributed by atoms with E-state index in [1.165, 1.54) is 6.20 Å². The molecule has 0 amide bonds. The molecule has 0 bridgehead atoms. The molecule has 0 aromatic carbocycles. The number of nitrogens with zero attached hydrogens (tertiary/aromatic N) is 2. The van der Waals surface area contributed by atoms with E-state index in [-0.39, 0.29) is 30.3 Å². The topological polar surface area (TPSA) is 76.4 Å². The van der Waals surface area contributed by atoms with Crippen molar-refractivity contribution in [3.63, 3.8) is 0 Å². The van der Waals surface area contributed by atoms with Crippen LogP contribution in [0.3, 0.4) is 0 Å². The van der Waals surface area contributed by atoms with Gasteiger partial charge in [-0.1, -0.05) is 11.6 Å². The van der Waals surface area contributed by atoms with Gasteiger partial charge in [-0.2, -0.15) is 5.10 Å². The number of nitrogens with one attached hydrogen (secondary N) is 1. The van der Waals surface area contributed by atoms with Gasteiger partial charge in [-0.05, 0) is 19.3 Å². The minimum Gasteiger partial charge on any atom is -0.394 e. The van der Waals surface area contributed by atoms with E-state index in [0.717, 1.165) is 23.9 Å². The van der Waals surface area contributed by atoms with Crippen LogP contribution >= 0.6 is 11.6 Å². The molecule has 0 radical (unpaired) electrons. The molecule has 1 aliphatic carbocycles. The van der Waals surface area contributed by atoms with Crippen molar-refractivity contribution in [3.8, 4) is 0 Å². The number of halogens is 1. The Labute approximate surface area is 116 Å². The zero-order chi connectivity index (χ0) is 13.8. The highest BCUT2D eigenvalue weighted by atomic mass is 35.5. The summed E-state index contributed by atoms with van der Waals surface area (Å²) in [5.74, 6) is 0. The molecule has 0 spiro atoms. The van der Waals surface area contributed by atoms with Crippen LogP contribution in [0.2, 0.25) is 5.02 Å². The lowest BCUT2D eigenvalue weighted by Crippen LogP contribution is -2.32. The molecule has 0 saturated heterocycles. The highest BCUT2D eigenvalue weighted by Crippen LogP contribution is 2.26. The van der Waals surface area contributed by atoms with Gasteiger partial charge in [0.1, 0.15) is 5.02 Å². The van der Waals surface area contributed by atoms with Crippen molar-refractivity contribution < 1.29 is 9.84 Å². The molecule has 1 aromatic heterocycles. The van der Waals surface area contributed by atoms with Crippen LogP contribution in [0.15, 0.2) is 11.0 Å². The lowest BCUT2D eigenvalue weighted by Gasteiger charge is -2.21. The van der Waals surface area contributed by atoms with Crippen molar-refractivity contribution in [2.45, 2.75) is 38.0 Å². The molecule has 106 valence electrons. The van der Waals surface area contributed by atoms with Crippen molar-refractivity contribution in [3.05, 3.63) is 21.6 Å². The monoisotopic (exact) mass is 287 g/mol. The molecule has 1 aromatic rings. The van der Waals surface area contributed by atoms with Crippen LogP contribution in [0.4, 0.5) is 5.69 Å². The molecule has 2 unspecified atom stereocenters. The minimum absolute atomic E-state index is 0.102. The molecule has 1 aliphatic rings. The van der Waals surface area contributed by atoms with Crippen LogP contribution in [-0.4, -0.2) is 40.7 Å². The number of methoxy groups -OCH3 is 1. The lowest BCUT2D eigenvalue weighted by molar-refractivity contribution is 0.101. The Bertz CT molecular complexity index is 492. The Morgan fingerprint density at radius 1 is 1.63 bits per heavy atom. The number of anilines is 1. The van der Waals surface area contributed by atoms with Crippen molar-refractivity contribution in [2.75, 3.05) is 19.0 Å². The number of aliphatic hydroxyl groups excluding tert-OH is 1. The van der Waals surface area contributed by atoms with Crippen LogP contribution in [0.5, 0.6) is 0 Å². The first-order chi connectivity index (χ1) is 9.17. The van der Waals surface area contributed by atoms with Crippen LogP contribution in [-0.2, 0) is 11.3 Å². The highest BCUT2D eigenvalue weighted by molar-refractivity contribution is 6.32. The fourth-order valence-electron chi connectivity index (χ4n) is 2.39. The van der Waals surface area contributed by atoms with Gasteiger partial charge in [0.25, 0.3) is 5.56 Å². The molecule has 7 heteroatoms. The first-order valence-corrected chi connectivity index (χ1v) is 6.71. The summed E-state index contributed by atoms with van der Waals surface area (Å²) in [4.78, 5) is 11.9. The number of aliphatic hydroxyl groups is 1. The van der Waals surface area contributed by atoms with Crippen molar-refractivity contribution >= 4 is 17.3 Å². The lowest BCUT2D eigenvalue weighted by atomic mass is 10.2. The molecular formula is C12H18ClN3O3. The summed E-state index contributed by atoms with van der Waals surface area (Å²) in [6.07, 6.45) is 4.72. The van der Waals surface area contributed by atoms with Crippen molar-refractivity contribution in [1.29, 1.82) is 0 Å². The second-order valence-corrected chi connectivity index (χ2v) is 4.96. The van der Waals surface area contributed by atoms with Gasteiger partial charge >= 0.3 is 0 Å². The van der Waals surface area contributed by atoms with E-state index in [0.29, 0.717) is 5.69 Å². The van der Waals surface area contributed by atoms with Gasteiger partial charge in [0, 0.05) is 7.11 Å². The number of hydrogen-bond acceptors (Lipinski definition) is 5. The Morgan fingerprint density at radius 2 is 2.42 bits per heavy atom. The van der Waals surface area contributed by atoms with E-state index < -0.39 is 5.56 Å². The predicted molar refractivity (Wildman–Crippen MR) is 72.7 cm³/mol. The maximum absolute atomic E-state index is 11.9. The van der Waals surface area contributed by atoms with Gasteiger partial charge in [0.05, 0.1) is 37.2 Å². The molecule has 0 aliphatic heterocycles. The summed E-state index contributed by atoms with van der Waals surface area (Å²) >= 11 is 6.05. The standard InChI is InChI=1S/C12H18ClN3O3/c1-19-10-4-2-3-8(10)15-9-7-14-16(5-6-17)12(18)11(9)13/h7-8,10,15,17H,2-6H2,1H3. The molecule has 2 N–H and O–H groups in total. The predicted octanol–water partition coefficient (Wildman–Crippen LogP) is 0.868. The highest BCUT2D eigenvalue weighted by Gasteiger charge is 2.27. The fraction of sp³-hybridized carbons (Fsp3) is 0.667. The third-order valence-corrected chi connectivity index (χ3v) is 3.76. The summed E-state index contributed by atoms with van der Waals surface area (Å²) in [5, 5.41) is 16.1. The molecule has 2 atom stereocenters. The SMILES string of the molecule is COC1CCCC1Nc1cnn(CCO)c(=O)c1Cl. The Balaban J connectivity index is 2.17. The third kappa shape index (κ3) is 3.08. The van der Waals surface area contributed by atoms with E-state index in [9.17, 15) is 4.79 Å². The van der Waals surface area contributed by atoms with Crippen LogP contribution in [0, 0.1) is 0 Å². The van der Waals surface area contributed by atoms with Crippen molar-refractivity contribution in [1.82, 2.24) is 9.78 Å². The van der Waals surface area contributed by atoms with E-state index in [1.54, 1.807) is 7.11 Å². The number of ether oxygens (including phenoxy) is 1.